The third-order valence-corrected chi connectivity index (χ3v) is 3.88. The maximum atomic E-state index is 9.93. The van der Waals surface area contributed by atoms with Crippen molar-refractivity contribution < 1.29 is 9.52 Å². The summed E-state index contributed by atoms with van der Waals surface area (Å²) in [6, 6.07) is 18.9. The maximum absolute atomic E-state index is 9.93. The van der Waals surface area contributed by atoms with Crippen LogP contribution in [0, 0.1) is 0 Å². The zero-order valence-electron chi connectivity index (χ0n) is 11.0. The number of phenolic OH excluding ortho intramolecular Hbond substituents is 1. The summed E-state index contributed by atoms with van der Waals surface area (Å²) in [6.45, 7) is 0. The summed E-state index contributed by atoms with van der Waals surface area (Å²) in [6.07, 6.45) is 0. The van der Waals surface area contributed by atoms with Crippen molar-refractivity contribution in [3.05, 3.63) is 65.7 Å². The molecule has 0 saturated carbocycles. The lowest BCUT2D eigenvalue weighted by Gasteiger charge is -1.99. The van der Waals surface area contributed by atoms with Gasteiger partial charge in [-0.15, -0.1) is 0 Å². The number of furan rings is 1. The molecule has 0 atom stereocenters. The summed E-state index contributed by atoms with van der Waals surface area (Å²) in [7, 11) is 0. The molecule has 0 aliphatic heterocycles. The van der Waals surface area contributed by atoms with E-state index in [0.717, 1.165) is 33.1 Å². The summed E-state index contributed by atoms with van der Waals surface area (Å²) in [5.74, 6) is 1.05. The van der Waals surface area contributed by atoms with Gasteiger partial charge in [-0.05, 0) is 53.9 Å². The molecule has 3 aromatic carbocycles. The van der Waals surface area contributed by atoms with E-state index in [1.54, 1.807) is 6.07 Å². The normalized spacial score (nSPS) is 11.3. The first-order chi connectivity index (χ1) is 10.2. The second-order valence-corrected chi connectivity index (χ2v) is 5.44. The third-order valence-electron chi connectivity index (χ3n) is 3.62. The van der Waals surface area contributed by atoms with Crippen molar-refractivity contribution in [3.8, 4) is 17.1 Å². The molecular formula is C18H11ClO2. The lowest BCUT2D eigenvalue weighted by Crippen LogP contribution is -1.73. The fourth-order valence-electron chi connectivity index (χ4n) is 2.55. The molecule has 3 heteroatoms. The first-order valence-electron chi connectivity index (χ1n) is 6.62. The molecule has 1 heterocycles. The zero-order valence-corrected chi connectivity index (χ0v) is 11.8. The molecule has 1 aromatic heterocycles. The van der Waals surface area contributed by atoms with Gasteiger partial charge in [-0.3, -0.25) is 0 Å². The Kier molecular flexibility index (Phi) is 2.66. The lowest BCUT2D eigenvalue weighted by atomic mass is 10.1. The number of rotatable bonds is 1. The Morgan fingerprint density at radius 1 is 0.857 bits per heavy atom. The van der Waals surface area contributed by atoms with E-state index in [-0.39, 0.29) is 5.75 Å². The number of hydrogen-bond donors (Lipinski definition) is 1. The highest BCUT2D eigenvalue weighted by molar-refractivity contribution is 6.30. The van der Waals surface area contributed by atoms with Crippen LogP contribution < -0.4 is 0 Å². The topological polar surface area (TPSA) is 33.4 Å². The Morgan fingerprint density at radius 2 is 1.67 bits per heavy atom. The molecule has 2 nitrogen and oxygen atoms in total. The molecule has 21 heavy (non-hydrogen) atoms. The van der Waals surface area contributed by atoms with E-state index in [4.69, 9.17) is 16.0 Å². The maximum Gasteiger partial charge on any atom is 0.135 e. The number of aromatic hydroxyl groups is 1. The highest BCUT2D eigenvalue weighted by atomic mass is 35.5. The van der Waals surface area contributed by atoms with Crippen LogP contribution in [-0.2, 0) is 0 Å². The SMILES string of the molecule is Oc1cccc2cc3cc(-c4ccc(Cl)cc4)oc3cc12. The largest absolute Gasteiger partial charge is 0.507 e. The van der Waals surface area contributed by atoms with E-state index in [1.165, 1.54) is 0 Å². The fraction of sp³-hybridized carbons (Fsp3) is 0. The van der Waals surface area contributed by atoms with Crippen LogP contribution >= 0.6 is 11.6 Å². The predicted octanol–water partition coefficient (Wildman–Crippen LogP) is 5.61. The molecule has 0 saturated heterocycles. The molecule has 0 bridgehead atoms. The number of halogens is 1. The van der Waals surface area contributed by atoms with Crippen LogP contribution in [0.4, 0.5) is 0 Å². The molecule has 4 rings (SSSR count). The van der Waals surface area contributed by atoms with Crippen LogP contribution in [0.25, 0.3) is 33.1 Å². The van der Waals surface area contributed by atoms with Crippen LogP contribution in [0.1, 0.15) is 0 Å². The first-order valence-corrected chi connectivity index (χ1v) is 7.00. The molecule has 4 aromatic rings. The fourth-order valence-corrected chi connectivity index (χ4v) is 2.68. The average Bonchev–Trinajstić information content (AvgIpc) is 2.89. The van der Waals surface area contributed by atoms with Crippen molar-refractivity contribution in [2.24, 2.45) is 0 Å². The molecule has 1 N–H and O–H groups in total. The van der Waals surface area contributed by atoms with Gasteiger partial charge < -0.3 is 9.52 Å². The quantitative estimate of drug-likeness (QED) is 0.495. The monoisotopic (exact) mass is 294 g/mol. The minimum absolute atomic E-state index is 0.263. The number of fused-ring (bicyclic) bond motifs is 2. The number of benzene rings is 3. The van der Waals surface area contributed by atoms with Gasteiger partial charge in [0.15, 0.2) is 0 Å². The molecule has 0 unspecified atom stereocenters. The Labute approximate surface area is 126 Å². The van der Waals surface area contributed by atoms with Gasteiger partial charge in [0.25, 0.3) is 0 Å². The Balaban J connectivity index is 1.95. The van der Waals surface area contributed by atoms with Gasteiger partial charge in [0.1, 0.15) is 17.1 Å². The van der Waals surface area contributed by atoms with Crippen LogP contribution in [0.5, 0.6) is 5.75 Å². The highest BCUT2D eigenvalue weighted by Crippen LogP contribution is 2.34. The minimum Gasteiger partial charge on any atom is -0.507 e. The summed E-state index contributed by atoms with van der Waals surface area (Å²) < 4.78 is 5.90. The van der Waals surface area contributed by atoms with Gasteiger partial charge in [0.2, 0.25) is 0 Å². The van der Waals surface area contributed by atoms with Crippen LogP contribution in [0.15, 0.2) is 65.1 Å². The predicted molar refractivity (Wildman–Crippen MR) is 85.8 cm³/mol. The van der Waals surface area contributed by atoms with Gasteiger partial charge in [0.05, 0.1) is 0 Å². The second-order valence-electron chi connectivity index (χ2n) is 5.01. The smallest absolute Gasteiger partial charge is 0.135 e. The summed E-state index contributed by atoms with van der Waals surface area (Å²) in [5.41, 5.74) is 1.73. The number of hydrogen-bond acceptors (Lipinski definition) is 2. The third kappa shape index (κ3) is 2.05. The Morgan fingerprint density at radius 3 is 2.48 bits per heavy atom. The molecule has 0 radical (unpaired) electrons. The Bertz CT molecular complexity index is 952. The molecular weight excluding hydrogens is 284 g/mol. The second kappa shape index (κ2) is 4.54. The van der Waals surface area contributed by atoms with E-state index in [2.05, 4.69) is 0 Å². The summed E-state index contributed by atoms with van der Waals surface area (Å²) in [5, 5.41) is 13.4. The van der Waals surface area contributed by atoms with Crippen molar-refractivity contribution >= 4 is 33.3 Å². The number of phenols is 1. The minimum atomic E-state index is 0.263. The zero-order chi connectivity index (χ0) is 14.4. The molecule has 102 valence electrons. The molecule has 0 aliphatic carbocycles. The van der Waals surface area contributed by atoms with Crippen molar-refractivity contribution in [2.45, 2.75) is 0 Å². The van der Waals surface area contributed by atoms with Crippen molar-refractivity contribution in [2.75, 3.05) is 0 Å². The van der Waals surface area contributed by atoms with Gasteiger partial charge in [-0.2, -0.15) is 0 Å². The van der Waals surface area contributed by atoms with Crippen molar-refractivity contribution in [1.82, 2.24) is 0 Å². The van der Waals surface area contributed by atoms with Crippen LogP contribution in [0.3, 0.4) is 0 Å². The average molecular weight is 295 g/mol. The Hall–Kier alpha value is -2.45. The lowest BCUT2D eigenvalue weighted by molar-refractivity contribution is 0.481. The van der Waals surface area contributed by atoms with E-state index in [9.17, 15) is 5.11 Å². The van der Waals surface area contributed by atoms with Crippen molar-refractivity contribution in [1.29, 1.82) is 0 Å². The van der Waals surface area contributed by atoms with Gasteiger partial charge in [0, 0.05) is 21.4 Å². The molecule has 0 aliphatic rings. The summed E-state index contributed by atoms with van der Waals surface area (Å²) >= 11 is 5.91. The van der Waals surface area contributed by atoms with Gasteiger partial charge >= 0.3 is 0 Å². The van der Waals surface area contributed by atoms with Crippen LogP contribution in [0.2, 0.25) is 5.02 Å². The molecule has 0 spiro atoms. The van der Waals surface area contributed by atoms with Crippen LogP contribution in [-0.4, -0.2) is 5.11 Å². The summed E-state index contributed by atoms with van der Waals surface area (Å²) in [4.78, 5) is 0. The first kappa shape index (κ1) is 12.3. The van der Waals surface area contributed by atoms with E-state index in [0.29, 0.717) is 5.02 Å². The molecule has 0 fully saturated rings. The molecule has 0 amide bonds. The van der Waals surface area contributed by atoms with Crippen molar-refractivity contribution in [3.63, 3.8) is 0 Å². The van der Waals surface area contributed by atoms with E-state index in [1.807, 2.05) is 54.6 Å². The highest BCUT2D eigenvalue weighted by Gasteiger charge is 2.09. The van der Waals surface area contributed by atoms with E-state index >= 15 is 0 Å². The van der Waals surface area contributed by atoms with Gasteiger partial charge in [-0.25, -0.2) is 0 Å². The standard InChI is InChI=1S/C18H11ClO2/c19-14-6-4-11(5-7-14)17-9-13-8-12-2-1-3-16(20)15(12)10-18(13)21-17/h1-10,20H. The van der Waals surface area contributed by atoms with Gasteiger partial charge in [-0.1, -0.05) is 23.7 Å². The van der Waals surface area contributed by atoms with E-state index < -0.39 is 0 Å².